The van der Waals surface area contributed by atoms with Crippen LogP contribution >= 0.6 is 0 Å². The van der Waals surface area contributed by atoms with E-state index in [9.17, 15) is 4.79 Å². The van der Waals surface area contributed by atoms with Crippen LogP contribution in [0, 0.1) is 6.92 Å². The number of hydrogen-bond donors (Lipinski definition) is 0. The van der Waals surface area contributed by atoms with Crippen LogP contribution < -0.4 is 4.74 Å². The molecule has 0 spiro atoms. The Morgan fingerprint density at radius 3 is 2.61 bits per heavy atom. The van der Waals surface area contributed by atoms with Crippen LogP contribution in [0.25, 0.3) is 21.7 Å². The average molecular weight is 441 g/mol. The molecule has 0 bridgehead atoms. The van der Waals surface area contributed by atoms with Gasteiger partial charge in [0, 0.05) is 42.7 Å². The fourth-order valence-corrected chi connectivity index (χ4v) is 5.57. The largest absolute Gasteiger partial charge is 0.489 e. The van der Waals surface area contributed by atoms with Gasteiger partial charge in [-0.2, -0.15) is 0 Å². The molecule has 2 aliphatic heterocycles. The van der Waals surface area contributed by atoms with Crippen molar-refractivity contribution < 1.29 is 14.3 Å². The lowest BCUT2D eigenvalue weighted by Gasteiger charge is -2.34. The molecule has 2 aliphatic rings. The highest BCUT2D eigenvalue weighted by Crippen LogP contribution is 2.39. The van der Waals surface area contributed by atoms with Crippen molar-refractivity contribution in [3.05, 3.63) is 77.5 Å². The maximum atomic E-state index is 13.8. The Balaban J connectivity index is 1.40. The van der Waals surface area contributed by atoms with Crippen LogP contribution in [0.2, 0.25) is 0 Å². The molecule has 168 valence electrons. The van der Waals surface area contributed by atoms with E-state index in [-0.39, 0.29) is 11.8 Å². The van der Waals surface area contributed by atoms with E-state index < -0.39 is 0 Å². The number of Topliss-reactive ketones (excluding diaryl/α,β-unsaturated/α-hetero) is 1. The summed E-state index contributed by atoms with van der Waals surface area (Å²) in [4.78, 5) is 16.2. The number of hydrogen-bond acceptors (Lipinski definition) is 4. The normalized spacial score (nSPS) is 18.5. The second-order valence-corrected chi connectivity index (χ2v) is 9.10. The number of carbonyl (C=O) groups excluding carboxylic acids is 1. The maximum absolute atomic E-state index is 13.8. The Labute approximate surface area is 193 Å². The number of nitrogens with zero attached hydrogens (tertiary/aromatic N) is 2. The van der Waals surface area contributed by atoms with Gasteiger partial charge < -0.3 is 14.0 Å². The van der Waals surface area contributed by atoms with Crippen LogP contribution in [0.4, 0.5) is 0 Å². The summed E-state index contributed by atoms with van der Waals surface area (Å²) in [6, 6.07) is 20.8. The molecule has 5 heteroatoms. The number of fused-ring (bicyclic) bond motifs is 1. The Bertz CT molecular complexity index is 1350. The van der Waals surface area contributed by atoms with Gasteiger partial charge in [0.15, 0.2) is 5.78 Å². The number of morpholine rings is 1. The number of carbonyl (C=O) groups is 1. The number of para-hydroxylation sites is 1. The zero-order chi connectivity index (χ0) is 22.4. The topological polar surface area (TPSA) is 43.7 Å². The van der Waals surface area contributed by atoms with Crippen LogP contribution in [0.3, 0.4) is 0 Å². The summed E-state index contributed by atoms with van der Waals surface area (Å²) in [6.45, 7) is 7.05. The number of rotatable bonds is 5. The first-order valence-corrected chi connectivity index (χ1v) is 11.8. The number of benzene rings is 3. The second kappa shape index (κ2) is 8.32. The van der Waals surface area contributed by atoms with Gasteiger partial charge in [0.2, 0.25) is 0 Å². The lowest BCUT2D eigenvalue weighted by molar-refractivity contribution is 0.0272. The molecule has 1 saturated heterocycles. The van der Waals surface area contributed by atoms with E-state index in [0.717, 1.165) is 71.7 Å². The van der Waals surface area contributed by atoms with Crippen molar-refractivity contribution in [3.8, 4) is 5.75 Å². The van der Waals surface area contributed by atoms with Gasteiger partial charge in [-0.25, -0.2) is 0 Å². The molecule has 33 heavy (non-hydrogen) atoms. The van der Waals surface area contributed by atoms with E-state index in [1.54, 1.807) is 0 Å². The fraction of sp³-hybridized carbons (Fsp3) is 0.321. The van der Waals surface area contributed by atoms with Gasteiger partial charge in [0.05, 0.1) is 24.8 Å². The zero-order valence-electron chi connectivity index (χ0n) is 18.9. The summed E-state index contributed by atoms with van der Waals surface area (Å²) in [5.74, 6) is 1.04. The summed E-state index contributed by atoms with van der Waals surface area (Å²) in [5, 5.41) is 3.32. The number of aromatic nitrogens is 1. The predicted octanol–water partition coefficient (Wildman–Crippen LogP) is 4.79. The monoisotopic (exact) mass is 440 g/mol. The summed E-state index contributed by atoms with van der Waals surface area (Å²) < 4.78 is 14.1. The Morgan fingerprint density at radius 2 is 1.73 bits per heavy atom. The first-order valence-electron chi connectivity index (χ1n) is 11.8. The van der Waals surface area contributed by atoms with Crippen molar-refractivity contribution in [1.82, 2.24) is 9.47 Å². The third-order valence-corrected chi connectivity index (χ3v) is 7.11. The molecule has 4 aromatic rings. The minimum atomic E-state index is 0.164. The molecule has 1 aromatic heterocycles. The van der Waals surface area contributed by atoms with E-state index in [1.165, 1.54) is 5.39 Å². The highest BCUT2D eigenvalue weighted by Gasteiger charge is 2.31. The lowest BCUT2D eigenvalue weighted by Crippen LogP contribution is -2.42. The van der Waals surface area contributed by atoms with Crippen molar-refractivity contribution >= 4 is 27.5 Å². The highest BCUT2D eigenvalue weighted by atomic mass is 16.5. The minimum Gasteiger partial charge on any atom is -0.489 e. The lowest BCUT2D eigenvalue weighted by atomic mass is 9.96. The first kappa shape index (κ1) is 20.5. The molecule has 1 atom stereocenters. The van der Waals surface area contributed by atoms with E-state index >= 15 is 0 Å². The quantitative estimate of drug-likeness (QED) is 0.419. The summed E-state index contributed by atoms with van der Waals surface area (Å²) >= 11 is 0. The molecule has 0 radical (unpaired) electrons. The minimum absolute atomic E-state index is 0.164. The first-order chi connectivity index (χ1) is 16.2. The fourth-order valence-electron chi connectivity index (χ4n) is 5.57. The van der Waals surface area contributed by atoms with Crippen molar-refractivity contribution in [2.45, 2.75) is 19.4 Å². The van der Waals surface area contributed by atoms with Crippen LogP contribution in [0.15, 0.2) is 60.7 Å². The molecule has 3 aromatic carbocycles. The standard InChI is InChI=1S/C28H28N2O3/c1-19-27(25(31)16-21-8-4-7-20-6-2-3-9-23(20)21)24-10-5-11-26-28(24)30(19)22(18-33-26)17-29-12-14-32-15-13-29/h2-11,22H,12-18H2,1H3/t22-/m1/s1. The van der Waals surface area contributed by atoms with Gasteiger partial charge in [-0.3, -0.25) is 9.69 Å². The van der Waals surface area contributed by atoms with Gasteiger partial charge in [-0.1, -0.05) is 54.6 Å². The molecular formula is C28H28N2O3. The summed E-state index contributed by atoms with van der Waals surface area (Å²) in [7, 11) is 0. The molecule has 0 saturated carbocycles. The molecule has 0 unspecified atom stereocenters. The van der Waals surface area contributed by atoms with E-state index in [4.69, 9.17) is 9.47 Å². The summed E-state index contributed by atoms with van der Waals surface area (Å²) in [5.41, 5.74) is 4.01. The van der Waals surface area contributed by atoms with Crippen LogP contribution in [0.5, 0.6) is 5.75 Å². The van der Waals surface area contributed by atoms with E-state index in [0.29, 0.717) is 13.0 Å². The maximum Gasteiger partial charge on any atom is 0.169 e. The number of ether oxygens (including phenoxy) is 2. The molecule has 3 heterocycles. The molecular weight excluding hydrogens is 412 g/mol. The molecule has 0 aliphatic carbocycles. The van der Waals surface area contributed by atoms with Gasteiger partial charge in [-0.15, -0.1) is 0 Å². The zero-order valence-corrected chi connectivity index (χ0v) is 18.9. The molecule has 5 nitrogen and oxygen atoms in total. The van der Waals surface area contributed by atoms with Crippen molar-refractivity contribution in [2.75, 3.05) is 39.5 Å². The van der Waals surface area contributed by atoms with Gasteiger partial charge in [-0.05, 0) is 29.3 Å². The smallest absolute Gasteiger partial charge is 0.169 e. The Kier molecular flexibility index (Phi) is 5.16. The summed E-state index contributed by atoms with van der Waals surface area (Å²) in [6.07, 6.45) is 0.389. The highest BCUT2D eigenvalue weighted by molar-refractivity contribution is 6.12. The van der Waals surface area contributed by atoms with Crippen LogP contribution in [-0.2, 0) is 11.2 Å². The van der Waals surface area contributed by atoms with Gasteiger partial charge in [0.25, 0.3) is 0 Å². The van der Waals surface area contributed by atoms with E-state index in [1.807, 2.05) is 30.3 Å². The van der Waals surface area contributed by atoms with Gasteiger partial charge >= 0.3 is 0 Å². The molecule has 0 N–H and O–H groups in total. The predicted molar refractivity (Wildman–Crippen MR) is 130 cm³/mol. The third-order valence-electron chi connectivity index (χ3n) is 7.11. The molecule has 0 amide bonds. The van der Waals surface area contributed by atoms with E-state index in [2.05, 4.69) is 46.7 Å². The SMILES string of the molecule is Cc1c(C(=O)Cc2cccc3ccccc23)c2cccc3c2n1[C@H](CN1CCOCC1)CO3. The Morgan fingerprint density at radius 1 is 0.970 bits per heavy atom. The second-order valence-electron chi connectivity index (χ2n) is 9.10. The van der Waals surface area contributed by atoms with Crippen molar-refractivity contribution in [3.63, 3.8) is 0 Å². The van der Waals surface area contributed by atoms with Crippen molar-refractivity contribution in [1.29, 1.82) is 0 Å². The average Bonchev–Trinajstić information content (AvgIpc) is 3.15. The van der Waals surface area contributed by atoms with Crippen LogP contribution in [-0.4, -0.2) is 54.7 Å². The third kappa shape index (κ3) is 3.52. The van der Waals surface area contributed by atoms with Crippen molar-refractivity contribution in [2.24, 2.45) is 0 Å². The molecule has 6 rings (SSSR count). The van der Waals surface area contributed by atoms with Crippen LogP contribution in [0.1, 0.15) is 27.7 Å². The molecule has 1 fully saturated rings. The Hall–Kier alpha value is -3.15. The van der Waals surface area contributed by atoms with Gasteiger partial charge in [0.1, 0.15) is 12.4 Å². The number of ketones is 1.